The van der Waals surface area contributed by atoms with Crippen LogP contribution in [0.3, 0.4) is 0 Å². The molecule has 1 aromatic heterocycles. The maximum absolute atomic E-state index is 13.2. The van der Waals surface area contributed by atoms with Crippen molar-refractivity contribution in [1.29, 1.82) is 0 Å². The zero-order valence-electron chi connectivity index (χ0n) is 13.5. The highest BCUT2D eigenvalue weighted by molar-refractivity contribution is 6.35. The minimum absolute atomic E-state index is 0.0294. The van der Waals surface area contributed by atoms with Gasteiger partial charge in [0.05, 0.1) is 15.6 Å². The molecule has 3 aromatic rings. The van der Waals surface area contributed by atoms with E-state index < -0.39 is 22.4 Å². The number of nitro benzene ring substituents is 1. The Labute approximate surface area is 156 Å². The van der Waals surface area contributed by atoms with E-state index in [1.807, 2.05) is 0 Å². The molecule has 2 aromatic carbocycles. The molecule has 0 aliphatic carbocycles. The zero-order valence-corrected chi connectivity index (χ0v) is 14.3. The van der Waals surface area contributed by atoms with Gasteiger partial charge in [-0.2, -0.15) is 0 Å². The number of hydrogen-bond donors (Lipinski definition) is 2. The van der Waals surface area contributed by atoms with Crippen LogP contribution in [0.15, 0.2) is 54.6 Å². The van der Waals surface area contributed by atoms with Crippen LogP contribution in [0.25, 0.3) is 0 Å². The Balaban J connectivity index is 1.83. The molecule has 1 amide bonds. The van der Waals surface area contributed by atoms with Crippen LogP contribution in [0.4, 0.5) is 15.8 Å². The molecule has 9 heteroatoms. The van der Waals surface area contributed by atoms with Crippen molar-refractivity contribution in [3.63, 3.8) is 0 Å². The second kappa shape index (κ2) is 7.38. The van der Waals surface area contributed by atoms with Gasteiger partial charge in [-0.15, -0.1) is 0 Å². The van der Waals surface area contributed by atoms with E-state index in [0.29, 0.717) is 0 Å². The first-order valence-electron chi connectivity index (χ1n) is 7.60. The van der Waals surface area contributed by atoms with E-state index in [9.17, 15) is 24.1 Å². The summed E-state index contributed by atoms with van der Waals surface area (Å²) in [6.07, 6.45) is 0. The third-order valence-corrected chi connectivity index (χ3v) is 3.99. The van der Waals surface area contributed by atoms with E-state index in [1.54, 1.807) is 0 Å². The normalized spacial score (nSPS) is 10.4. The Bertz CT molecular complexity index is 1060. The number of aromatic nitrogens is 1. The maximum Gasteiger partial charge on any atom is 0.272 e. The highest BCUT2D eigenvalue weighted by Crippen LogP contribution is 2.24. The molecule has 136 valence electrons. The van der Waals surface area contributed by atoms with Crippen molar-refractivity contribution in [1.82, 2.24) is 4.98 Å². The predicted octanol–water partition coefficient (Wildman–Crippen LogP) is 4.20. The SMILES string of the molecule is O=C(Nc1cccc(F)c1)c1ccc(C(=O)c2cc([N+](=O)[O-])ccc2Cl)[nH]1. The number of H-pyrrole nitrogens is 1. The number of ketones is 1. The summed E-state index contributed by atoms with van der Waals surface area (Å²) in [7, 11) is 0. The number of nitrogens with zero attached hydrogens (tertiary/aromatic N) is 1. The number of aromatic amines is 1. The molecule has 0 radical (unpaired) electrons. The van der Waals surface area contributed by atoms with Gasteiger partial charge in [0, 0.05) is 23.4 Å². The molecule has 3 rings (SSSR count). The minimum Gasteiger partial charge on any atom is -0.348 e. The Morgan fingerprint density at radius 2 is 1.81 bits per heavy atom. The summed E-state index contributed by atoms with van der Waals surface area (Å²) in [5, 5.41) is 13.4. The van der Waals surface area contributed by atoms with Gasteiger partial charge in [-0.25, -0.2) is 4.39 Å². The van der Waals surface area contributed by atoms with Crippen molar-refractivity contribution in [3.8, 4) is 0 Å². The number of rotatable bonds is 5. The Hall–Kier alpha value is -3.52. The number of anilines is 1. The van der Waals surface area contributed by atoms with Gasteiger partial charge in [-0.3, -0.25) is 19.7 Å². The van der Waals surface area contributed by atoms with Crippen LogP contribution < -0.4 is 5.32 Å². The Morgan fingerprint density at radius 1 is 1.07 bits per heavy atom. The summed E-state index contributed by atoms with van der Waals surface area (Å²) in [6, 6.07) is 11.6. The second-order valence-electron chi connectivity index (χ2n) is 5.50. The summed E-state index contributed by atoms with van der Waals surface area (Å²) >= 11 is 5.97. The van der Waals surface area contributed by atoms with E-state index in [2.05, 4.69) is 10.3 Å². The van der Waals surface area contributed by atoms with Crippen molar-refractivity contribution in [3.05, 3.63) is 92.5 Å². The molecular weight excluding hydrogens is 377 g/mol. The third kappa shape index (κ3) is 4.01. The molecule has 0 unspecified atom stereocenters. The van der Waals surface area contributed by atoms with Crippen molar-refractivity contribution in [2.24, 2.45) is 0 Å². The lowest BCUT2D eigenvalue weighted by Gasteiger charge is -2.04. The summed E-state index contributed by atoms with van der Waals surface area (Å²) in [6.45, 7) is 0. The number of halogens is 2. The number of hydrogen-bond acceptors (Lipinski definition) is 4. The van der Waals surface area contributed by atoms with Gasteiger partial charge in [0.15, 0.2) is 0 Å². The van der Waals surface area contributed by atoms with Crippen LogP contribution in [0.2, 0.25) is 5.02 Å². The molecule has 1 heterocycles. The van der Waals surface area contributed by atoms with Gasteiger partial charge in [-0.1, -0.05) is 17.7 Å². The van der Waals surface area contributed by atoms with Gasteiger partial charge in [0.2, 0.25) is 5.78 Å². The van der Waals surface area contributed by atoms with E-state index >= 15 is 0 Å². The maximum atomic E-state index is 13.2. The van der Waals surface area contributed by atoms with Gasteiger partial charge in [0.25, 0.3) is 11.6 Å². The zero-order chi connectivity index (χ0) is 19.6. The quantitative estimate of drug-likeness (QED) is 0.389. The molecule has 0 fully saturated rings. The van der Waals surface area contributed by atoms with E-state index in [-0.39, 0.29) is 33.3 Å². The van der Waals surface area contributed by atoms with Crippen LogP contribution in [0.1, 0.15) is 26.5 Å². The largest absolute Gasteiger partial charge is 0.348 e. The monoisotopic (exact) mass is 387 g/mol. The third-order valence-electron chi connectivity index (χ3n) is 3.66. The van der Waals surface area contributed by atoms with Gasteiger partial charge in [0.1, 0.15) is 11.5 Å². The summed E-state index contributed by atoms with van der Waals surface area (Å²) < 4.78 is 13.2. The van der Waals surface area contributed by atoms with Gasteiger partial charge in [-0.05, 0) is 36.4 Å². The predicted molar refractivity (Wildman–Crippen MR) is 96.7 cm³/mol. The molecule has 0 saturated heterocycles. The first kappa shape index (κ1) is 18.3. The number of non-ortho nitro benzene ring substituents is 1. The summed E-state index contributed by atoms with van der Waals surface area (Å²) in [5.74, 6) is -1.69. The Morgan fingerprint density at radius 3 is 2.52 bits per heavy atom. The molecule has 0 spiro atoms. The molecule has 0 bridgehead atoms. The minimum atomic E-state index is -0.639. The summed E-state index contributed by atoms with van der Waals surface area (Å²) in [5.41, 5.74) is -0.00154. The molecule has 7 nitrogen and oxygen atoms in total. The number of nitro groups is 1. The fourth-order valence-electron chi connectivity index (χ4n) is 2.37. The van der Waals surface area contributed by atoms with Crippen LogP contribution in [-0.2, 0) is 0 Å². The van der Waals surface area contributed by atoms with Gasteiger partial charge < -0.3 is 10.3 Å². The highest BCUT2D eigenvalue weighted by Gasteiger charge is 2.20. The summed E-state index contributed by atoms with van der Waals surface area (Å²) in [4.78, 5) is 37.7. The van der Waals surface area contributed by atoms with Crippen LogP contribution in [0.5, 0.6) is 0 Å². The highest BCUT2D eigenvalue weighted by atomic mass is 35.5. The molecule has 2 N–H and O–H groups in total. The molecule has 0 aliphatic rings. The lowest BCUT2D eigenvalue weighted by atomic mass is 10.1. The average Bonchev–Trinajstić information content (AvgIpc) is 3.11. The fraction of sp³-hybridized carbons (Fsp3) is 0. The van der Waals surface area contributed by atoms with Crippen LogP contribution in [-0.4, -0.2) is 21.6 Å². The van der Waals surface area contributed by atoms with Crippen molar-refractivity contribution >= 4 is 34.7 Å². The number of carbonyl (C=O) groups excluding carboxylic acids is 2. The number of carbonyl (C=O) groups is 2. The number of benzene rings is 2. The number of nitrogens with one attached hydrogen (secondary N) is 2. The lowest BCUT2D eigenvalue weighted by molar-refractivity contribution is -0.384. The lowest BCUT2D eigenvalue weighted by Crippen LogP contribution is -2.13. The standard InChI is InChI=1S/C18H11ClFN3O4/c19-14-5-4-12(23(26)27)9-13(14)17(24)15-6-7-16(22-15)18(25)21-11-3-1-2-10(20)8-11/h1-9,22H,(H,21,25). The molecule has 27 heavy (non-hydrogen) atoms. The molecule has 0 aliphatic heterocycles. The van der Waals surface area contributed by atoms with Crippen LogP contribution >= 0.6 is 11.6 Å². The van der Waals surface area contributed by atoms with E-state index in [4.69, 9.17) is 11.6 Å². The smallest absolute Gasteiger partial charge is 0.272 e. The van der Waals surface area contributed by atoms with Crippen LogP contribution in [0, 0.1) is 15.9 Å². The first-order chi connectivity index (χ1) is 12.8. The molecular formula is C18H11ClFN3O4. The van der Waals surface area contributed by atoms with Crippen molar-refractivity contribution in [2.45, 2.75) is 0 Å². The van der Waals surface area contributed by atoms with E-state index in [1.165, 1.54) is 42.5 Å². The van der Waals surface area contributed by atoms with Crippen molar-refractivity contribution in [2.75, 3.05) is 5.32 Å². The fourth-order valence-corrected chi connectivity index (χ4v) is 2.57. The van der Waals surface area contributed by atoms with E-state index in [0.717, 1.165) is 12.1 Å². The Kier molecular flexibility index (Phi) is 5.00. The average molecular weight is 388 g/mol. The molecule has 0 atom stereocenters. The van der Waals surface area contributed by atoms with Crippen molar-refractivity contribution < 1.29 is 18.9 Å². The molecule has 0 saturated carbocycles. The topological polar surface area (TPSA) is 105 Å². The first-order valence-corrected chi connectivity index (χ1v) is 7.97. The second-order valence-corrected chi connectivity index (χ2v) is 5.91. The number of amides is 1. The van der Waals surface area contributed by atoms with Gasteiger partial charge >= 0.3 is 0 Å².